The van der Waals surface area contributed by atoms with Gasteiger partial charge in [0.15, 0.2) is 9.84 Å². The average molecular weight is 340 g/mol. The fourth-order valence-corrected chi connectivity index (χ4v) is 4.01. The van der Waals surface area contributed by atoms with Gasteiger partial charge in [0, 0.05) is 5.69 Å². The molecule has 1 saturated heterocycles. The monoisotopic (exact) mass is 340 g/mol. The number of aromatic nitrogens is 2. The molecule has 1 fully saturated rings. The van der Waals surface area contributed by atoms with Gasteiger partial charge in [0.25, 0.3) is 0 Å². The number of hydrogen-bond acceptors (Lipinski definition) is 3. The molecule has 2 heterocycles. The van der Waals surface area contributed by atoms with Crippen LogP contribution in [0.3, 0.4) is 0 Å². The second-order valence-corrected chi connectivity index (χ2v) is 7.29. The zero-order valence-corrected chi connectivity index (χ0v) is 11.7. The smallest absolute Gasteiger partial charge is 0.152 e. The Labute approximate surface area is 103 Å². The summed E-state index contributed by atoms with van der Waals surface area (Å²) in [6.07, 6.45) is 0.695. The predicted octanol–water partition coefficient (Wildman–Crippen LogP) is 1.46. The first-order valence-electron chi connectivity index (χ1n) is 4.82. The summed E-state index contributed by atoms with van der Waals surface area (Å²) in [7, 11) is -2.83. The van der Waals surface area contributed by atoms with E-state index in [0.29, 0.717) is 12.2 Å². The number of nitrogens with zero attached hydrogens (tertiary/aromatic N) is 2. The zero-order chi connectivity index (χ0) is 11.2. The van der Waals surface area contributed by atoms with Crippen molar-refractivity contribution < 1.29 is 8.42 Å². The molecule has 6 heteroatoms. The lowest BCUT2D eigenvalue weighted by Crippen LogP contribution is -2.13. The molecule has 4 nitrogen and oxygen atoms in total. The molecular formula is C9H13IN2O2S. The van der Waals surface area contributed by atoms with Gasteiger partial charge in [0.05, 0.1) is 26.8 Å². The summed E-state index contributed by atoms with van der Waals surface area (Å²) in [6, 6.07) is 0.0391. The van der Waals surface area contributed by atoms with Crippen LogP contribution in [0.25, 0.3) is 0 Å². The third kappa shape index (κ3) is 2.06. The largest absolute Gasteiger partial charge is 0.264 e. The molecule has 84 valence electrons. The molecule has 0 unspecified atom stereocenters. The van der Waals surface area contributed by atoms with Gasteiger partial charge in [-0.05, 0) is 42.9 Å². The third-order valence-electron chi connectivity index (χ3n) is 2.79. The standard InChI is InChI=1S/C9H13IN2O2S/c1-6-9(10)7(2)12(11-6)8-3-4-15(13,14)5-8/h8H,3-5H2,1-2H3/t8-/m1/s1. The maximum absolute atomic E-state index is 11.4. The van der Waals surface area contributed by atoms with Crippen LogP contribution < -0.4 is 0 Å². The van der Waals surface area contributed by atoms with Gasteiger partial charge < -0.3 is 0 Å². The minimum absolute atomic E-state index is 0.0391. The van der Waals surface area contributed by atoms with Gasteiger partial charge in [0.1, 0.15) is 0 Å². The van der Waals surface area contributed by atoms with E-state index in [4.69, 9.17) is 0 Å². The number of halogens is 1. The predicted molar refractivity (Wildman–Crippen MR) is 66.7 cm³/mol. The van der Waals surface area contributed by atoms with Crippen LogP contribution in [0.15, 0.2) is 0 Å². The van der Waals surface area contributed by atoms with Gasteiger partial charge in [-0.3, -0.25) is 4.68 Å². The van der Waals surface area contributed by atoms with Gasteiger partial charge in [0.2, 0.25) is 0 Å². The van der Waals surface area contributed by atoms with Crippen molar-refractivity contribution in [3.05, 3.63) is 15.0 Å². The summed E-state index contributed by atoms with van der Waals surface area (Å²) in [5.74, 6) is 0.539. The topological polar surface area (TPSA) is 52.0 Å². The van der Waals surface area contributed by atoms with Crippen LogP contribution in [-0.2, 0) is 9.84 Å². The Bertz CT molecular complexity index is 492. The summed E-state index contributed by atoms with van der Waals surface area (Å²) in [5.41, 5.74) is 2.06. The first-order valence-corrected chi connectivity index (χ1v) is 7.72. The molecule has 0 bridgehead atoms. The number of sulfone groups is 1. The molecule has 0 aromatic carbocycles. The lowest BCUT2D eigenvalue weighted by atomic mass is 10.2. The molecular weight excluding hydrogens is 327 g/mol. The van der Waals surface area contributed by atoms with E-state index in [2.05, 4.69) is 27.7 Å². The Balaban J connectivity index is 2.36. The van der Waals surface area contributed by atoms with Gasteiger partial charge in [-0.1, -0.05) is 0 Å². The summed E-state index contributed by atoms with van der Waals surface area (Å²) >= 11 is 2.25. The molecule has 0 N–H and O–H groups in total. The summed E-state index contributed by atoms with van der Waals surface area (Å²) in [5, 5.41) is 4.40. The van der Waals surface area contributed by atoms with Crippen molar-refractivity contribution in [1.82, 2.24) is 9.78 Å². The lowest BCUT2D eigenvalue weighted by molar-refractivity contribution is 0.485. The average Bonchev–Trinajstić information content (AvgIpc) is 2.62. The van der Waals surface area contributed by atoms with Crippen molar-refractivity contribution >= 4 is 32.4 Å². The molecule has 0 radical (unpaired) electrons. The Hall–Kier alpha value is -0.110. The van der Waals surface area contributed by atoms with E-state index < -0.39 is 9.84 Å². The fraction of sp³-hybridized carbons (Fsp3) is 0.667. The van der Waals surface area contributed by atoms with E-state index in [9.17, 15) is 8.42 Å². The van der Waals surface area contributed by atoms with Gasteiger partial charge in [-0.2, -0.15) is 5.10 Å². The normalized spacial score (nSPS) is 24.6. The molecule has 15 heavy (non-hydrogen) atoms. The van der Waals surface area contributed by atoms with Crippen LogP contribution in [0.5, 0.6) is 0 Å². The SMILES string of the molecule is Cc1nn([C@@H]2CCS(=O)(=O)C2)c(C)c1I. The summed E-state index contributed by atoms with van der Waals surface area (Å²) in [4.78, 5) is 0. The molecule has 0 saturated carbocycles. The minimum Gasteiger partial charge on any atom is -0.264 e. The van der Waals surface area contributed by atoms with Gasteiger partial charge >= 0.3 is 0 Å². The number of hydrogen-bond donors (Lipinski definition) is 0. The first kappa shape index (κ1) is 11.4. The second kappa shape index (κ2) is 3.73. The Morgan fingerprint density at radius 2 is 2.13 bits per heavy atom. The highest BCUT2D eigenvalue weighted by Crippen LogP contribution is 2.27. The fourth-order valence-electron chi connectivity index (χ4n) is 1.97. The number of aryl methyl sites for hydroxylation is 1. The highest BCUT2D eigenvalue weighted by atomic mass is 127. The van der Waals surface area contributed by atoms with E-state index in [1.54, 1.807) is 0 Å². The van der Waals surface area contributed by atoms with Crippen molar-refractivity contribution in [3.63, 3.8) is 0 Å². The molecule has 1 aliphatic rings. The maximum atomic E-state index is 11.4. The van der Waals surface area contributed by atoms with Crippen LogP contribution in [-0.4, -0.2) is 29.7 Å². The lowest BCUT2D eigenvalue weighted by Gasteiger charge is -2.10. The quantitative estimate of drug-likeness (QED) is 0.728. The van der Waals surface area contributed by atoms with Crippen molar-refractivity contribution in [2.24, 2.45) is 0 Å². The van der Waals surface area contributed by atoms with E-state index in [0.717, 1.165) is 15.0 Å². The third-order valence-corrected chi connectivity index (χ3v) is 6.10. The molecule has 2 rings (SSSR count). The highest BCUT2D eigenvalue weighted by molar-refractivity contribution is 14.1. The van der Waals surface area contributed by atoms with E-state index in [-0.39, 0.29) is 11.8 Å². The molecule has 1 aromatic rings. The zero-order valence-electron chi connectivity index (χ0n) is 8.70. The second-order valence-electron chi connectivity index (χ2n) is 3.99. The molecule has 1 aliphatic heterocycles. The van der Waals surface area contributed by atoms with Crippen molar-refractivity contribution in [1.29, 1.82) is 0 Å². The van der Waals surface area contributed by atoms with Crippen LogP contribution in [0.1, 0.15) is 23.9 Å². The summed E-state index contributed by atoms with van der Waals surface area (Å²) in [6.45, 7) is 3.95. The molecule has 0 amide bonds. The van der Waals surface area contributed by atoms with Crippen LogP contribution in [0.2, 0.25) is 0 Å². The Morgan fingerprint density at radius 1 is 1.47 bits per heavy atom. The van der Waals surface area contributed by atoms with Crippen molar-refractivity contribution in [2.45, 2.75) is 26.3 Å². The Morgan fingerprint density at radius 3 is 2.53 bits per heavy atom. The molecule has 1 aromatic heterocycles. The van der Waals surface area contributed by atoms with Crippen LogP contribution in [0.4, 0.5) is 0 Å². The van der Waals surface area contributed by atoms with Gasteiger partial charge in [-0.15, -0.1) is 0 Å². The minimum atomic E-state index is -2.83. The van der Waals surface area contributed by atoms with E-state index in [1.807, 2.05) is 18.5 Å². The van der Waals surface area contributed by atoms with E-state index >= 15 is 0 Å². The Kier molecular flexibility index (Phi) is 2.83. The van der Waals surface area contributed by atoms with Crippen LogP contribution in [0, 0.1) is 17.4 Å². The van der Waals surface area contributed by atoms with Crippen molar-refractivity contribution in [2.75, 3.05) is 11.5 Å². The molecule has 1 atom stereocenters. The highest BCUT2D eigenvalue weighted by Gasteiger charge is 2.31. The summed E-state index contributed by atoms with van der Waals surface area (Å²) < 4.78 is 25.8. The van der Waals surface area contributed by atoms with E-state index in [1.165, 1.54) is 0 Å². The molecule has 0 aliphatic carbocycles. The molecule has 0 spiro atoms. The van der Waals surface area contributed by atoms with Crippen LogP contribution >= 0.6 is 22.6 Å². The number of rotatable bonds is 1. The maximum Gasteiger partial charge on any atom is 0.152 e. The van der Waals surface area contributed by atoms with Crippen molar-refractivity contribution in [3.8, 4) is 0 Å². The first-order chi connectivity index (χ1) is 6.91. The van der Waals surface area contributed by atoms with Gasteiger partial charge in [-0.25, -0.2) is 8.42 Å².